The normalized spacial score (nSPS) is 11.5. The summed E-state index contributed by atoms with van der Waals surface area (Å²) in [6.45, 7) is 6.59. The summed E-state index contributed by atoms with van der Waals surface area (Å²) in [7, 11) is 0. The number of benzene rings is 1. The van der Waals surface area contributed by atoms with Crippen molar-refractivity contribution in [1.82, 2.24) is 9.97 Å². The summed E-state index contributed by atoms with van der Waals surface area (Å²) in [6, 6.07) is 8.37. The van der Waals surface area contributed by atoms with Crippen LogP contribution in [0.5, 0.6) is 0 Å². The van der Waals surface area contributed by atoms with E-state index in [2.05, 4.69) is 55.0 Å². The summed E-state index contributed by atoms with van der Waals surface area (Å²) in [4.78, 5) is 7.98. The van der Waals surface area contributed by atoms with Gasteiger partial charge in [-0.25, -0.2) is 9.97 Å². The van der Waals surface area contributed by atoms with E-state index in [1.807, 2.05) is 0 Å². The second kappa shape index (κ2) is 4.46. The molecule has 0 unspecified atom stereocenters. The van der Waals surface area contributed by atoms with E-state index in [0.717, 1.165) is 11.1 Å². The predicted molar refractivity (Wildman–Crippen MR) is 71.2 cm³/mol. The van der Waals surface area contributed by atoms with Gasteiger partial charge >= 0.3 is 0 Å². The van der Waals surface area contributed by atoms with Crippen molar-refractivity contribution in [1.29, 1.82) is 0 Å². The molecule has 3 heteroatoms. The van der Waals surface area contributed by atoms with Crippen molar-refractivity contribution >= 4 is 11.6 Å². The highest BCUT2D eigenvalue weighted by Crippen LogP contribution is 2.28. The molecule has 0 spiro atoms. The number of hydrogen-bond donors (Lipinski definition) is 0. The van der Waals surface area contributed by atoms with Gasteiger partial charge < -0.3 is 0 Å². The Morgan fingerprint density at radius 2 is 1.71 bits per heavy atom. The number of aromatic nitrogens is 2. The van der Waals surface area contributed by atoms with E-state index in [0.29, 0.717) is 5.15 Å². The molecule has 0 aliphatic rings. The molecule has 0 aliphatic heterocycles. The van der Waals surface area contributed by atoms with E-state index in [1.54, 1.807) is 6.20 Å². The van der Waals surface area contributed by atoms with Crippen molar-refractivity contribution in [3.8, 4) is 11.1 Å². The molecule has 1 heterocycles. The van der Waals surface area contributed by atoms with Crippen LogP contribution in [0.3, 0.4) is 0 Å². The highest BCUT2D eigenvalue weighted by Gasteiger charge is 2.13. The third-order valence-electron chi connectivity index (χ3n) is 2.73. The number of halogens is 1. The molecular weight excluding hydrogens is 232 g/mol. The summed E-state index contributed by atoms with van der Waals surface area (Å²) < 4.78 is 0. The number of nitrogens with zero attached hydrogens (tertiary/aromatic N) is 2. The molecule has 2 rings (SSSR count). The molecule has 17 heavy (non-hydrogen) atoms. The van der Waals surface area contributed by atoms with Crippen LogP contribution in [-0.2, 0) is 5.41 Å². The Labute approximate surface area is 107 Å². The lowest BCUT2D eigenvalue weighted by molar-refractivity contribution is 0.590. The fraction of sp³-hybridized carbons (Fsp3) is 0.286. The third-order valence-corrected chi connectivity index (χ3v) is 3.03. The van der Waals surface area contributed by atoms with E-state index >= 15 is 0 Å². The second-order valence-corrected chi connectivity index (χ2v) is 5.41. The van der Waals surface area contributed by atoms with Gasteiger partial charge in [-0.3, -0.25) is 0 Å². The molecular formula is C14H15ClN2. The van der Waals surface area contributed by atoms with Crippen LogP contribution in [0.2, 0.25) is 5.15 Å². The molecule has 0 N–H and O–H groups in total. The van der Waals surface area contributed by atoms with Crippen molar-refractivity contribution in [2.24, 2.45) is 0 Å². The van der Waals surface area contributed by atoms with Crippen LogP contribution in [0, 0.1) is 0 Å². The van der Waals surface area contributed by atoms with Crippen LogP contribution < -0.4 is 0 Å². The zero-order valence-corrected chi connectivity index (χ0v) is 11.0. The van der Waals surface area contributed by atoms with Gasteiger partial charge in [-0.15, -0.1) is 0 Å². The minimum Gasteiger partial charge on any atom is -0.244 e. The minimum atomic E-state index is 0.162. The summed E-state index contributed by atoms with van der Waals surface area (Å²) >= 11 is 6.04. The van der Waals surface area contributed by atoms with Crippen LogP contribution in [-0.4, -0.2) is 9.97 Å². The lowest BCUT2D eigenvalue weighted by Gasteiger charge is -2.19. The van der Waals surface area contributed by atoms with Gasteiger partial charge in [-0.1, -0.05) is 56.6 Å². The fourth-order valence-corrected chi connectivity index (χ4v) is 1.86. The SMILES string of the molecule is CC(C)(C)c1ccc(-c2cncnc2Cl)cc1. The highest BCUT2D eigenvalue weighted by atomic mass is 35.5. The monoisotopic (exact) mass is 246 g/mol. The van der Waals surface area contributed by atoms with Crippen molar-refractivity contribution in [3.63, 3.8) is 0 Å². The molecule has 0 fully saturated rings. The van der Waals surface area contributed by atoms with E-state index < -0.39 is 0 Å². The van der Waals surface area contributed by atoms with Gasteiger partial charge in [0, 0.05) is 11.8 Å². The molecule has 0 radical (unpaired) electrons. The van der Waals surface area contributed by atoms with E-state index in [9.17, 15) is 0 Å². The van der Waals surface area contributed by atoms with Gasteiger partial charge in [-0.2, -0.15) is 0 Å². The number of hydrogen-bond acceptors (Lipinski definition) is 2. The molecule has 0 bridgehead atoms. The molecule has 0 saturated heterocycles. The summed E-state index contributed by atoms with van der Waals surface area (Å²) in [5.41, 5.74) is 3.38. The first-order chi connectivity index (χ1) is 7.98. The Bertz CT molecular complexity index is 512. The molecule has 0 aliphatic carbocycles. The van der Waals surface area contributed by atoms with Crippen LogP contribution in [0.1, 0.15) is 26.3 Å². The van der Waals surface area contributed by atoms with Gasteiger partial charge in [0.15, 0.2) is 0 Å². The summed E-state index contributed by atoms with van der Waals surface area (Å²) in [5, 5.41) is 0.489. The Morgan fingerprint density at radius 3 is 2.24 bits per heavy atom. The second-order valence-electron chi connectivity index (χ2n) is 5.05. The van der Waals surface area contributed by atoms with Crippen LogP contribution in [0.15, 0.2) is 36.8 Å². The van der Waals surface area contributed by atoms with Gasteiger partial charge in [-0.05, 0) is 16.5 Å². The quantitative estimate of drug-likeness (QED) is 0.708. The molecule has 2 nitrogen and oxygen atoms in total. The molecule has 0 saturated carbocycles. The zero-order chi connectivity index (χ0) is 12.5. The average Bonchev–Trinajstić information content (AvgIpc) is 2.29. The van der Waals surface area contributed by atoms with Crippen molar-refractivity contribution in [2.75, 3.05) is 0 Å². The maximum atomic E-state index is 6.04. The summed E-state index contributed by atoms with van der Waals surface area (Å²) in [5.74, 6) is 0. The van der Waals surface area contributed by atoms with Crippen molar-refractivity contribution < 1.29 is 0 Å². The first-order valence-electron chi connectivity index (χ1n) is 5.55. The van der Waals surface area contributed by atoms with Crippen molar-refractivity contribution in [2.45, 2.75) is 26.2 Å². The lowest BCUT2D eigenvalue weighted by atomic mass is 9.86. The highest BCUT2D eigenvalue weighted by molar-refractivity contribution is 6.32. The molecule has 88 valence electrons. The van der Waals surface area contributed by atoms with Crippen molar-refractivity contribution in [3.05, 3.63) is 47.5 Å². The van der Waals surface area contributed by atoms with Gasteiger partial charge in [0.05, 0.1) is 0 Å². The smallest absolute Gasteiger partial charge is 0.140 e. The first-order valence-corrected chi connectivity index (χ1v) is 5.93. The van der Waals surface area contributed by atoms with Crippen LogP contribution in [0.4, 0.5) is 0 Å². The molecule has 2 aromatic rings. The summed E-state index contributed by atoms with van der Waals surface area (Å²) in [6.07, 6.45) is 3.19. The molecule has 0 amide bonds. The third kappa shape index (κ3) is 2.64. The van der Waals surface area contributed by atoms with E-state index in [-0.39, 0.29) is 5.41 Å². The first kappa shape index (κ1) is 12.1. The van der Waals surface area contributed by atoms with Gasteiger partial charge in [0.1, 0.15) is 11.5 Å². The Hall–Kier alpha value is -1.41. The van der Waals surface area contributed by atoms with E-state index in [1.165, 1.54) is 11.9 Å². The largest absolute Gasteiger partial charge is 0.244 e. The fourth-order valence-electron chi connectivity index (χ4n) is 1.66. The van der Waals surface area contributed by atoms with Crippen LogP contribution >= 0.6 is 11.6 Å². The lowest BCUT2D eigenvalue weighted by Crippen LogP contribution is -2.10. The van der Waals surface area contributed by atoms with Gasteiger partial charge in [0.2, 0.25) is 0 Å². The maximum absolute atomic E-state index is 6.04. The van der Waals surface area contributed by atoms with E-state index in [4.69, 9.17) is 11.6 Å². The molecule has 0 atom stereocenters. The molecule has 1 aromatic heterocycles. The average molecular weight is 247 g/mol. The van der Waals surface area contributed by atoms with Crippen LogP contribution in [0.25, 0.3) is 11.1 Å². The Kier molecular flexibility index (Phi) is 3.16. The predicted octanol–water partition coefficient (Wildman–Crippen LogP) is 4.09. The minimum absolute atomic E-state index is 0.162. The Morgan fingerprint density at radius 1 is 1.06 bits per heavy atom. The standard InChI is InChI=1S/C14H15ClN2/c1-14(2,3)11-6-4-10(5-7-11)12-8-16-9-17-13(12)15/h4-9H,1-3H3. The molecule has 1 aromatic carbocycles. The maximum Gasteiger partial charge on any atom is 0.140 e. The Balaban J connectivity index is 2.40. The topological polar surface area (TPSA) is 25.8 Å². The zero-order valence-electron chi connectivity index (χ0n) is 10.2. The van der Waals surface area contributed by atoms with Gasteiger partial charge in [0.25, 0.3) is 0 Å². The number of rotatable bonds is 1.